The van der Waals surface area contributed by atoms with Gasteiger partial charge in [-0.15, -0.1) is 0 Å². The lowest BCUT2D eigenvalue weighted by Gasteiger charge is -2.10. The Labute approximate surface area is 98.6 Å². The highest BCUT2D eigenvalue weighted by Gasteiger charge is 2.07. The summed E-state index contributed by atoms with van der Waals surface area (Å²) in [7, 11) is 3.31. The van der Waals surface area contributed by atoms with Crippen molar-refractivity contribution < 1.29 is 9.59 Å². The van der Waals surface area contributed by atoms with Crippen molar-refractivity contribution in [3.05, 3.63) is 34.2 Å². The fraction of sp³-hybridized carbons (Fsp3) is 0.364. The summed E-state index contributed by atoms with van der Waals surface area (Å²) >= 11 is 0. The number of rotatable bonds is 4. The van der Waals surface area contributed by atoms with Crippen LogP contribution >= 0.6 is 0 Å². The molecule has 0 spiro atoms. The average Bonchev–Trinajstić information content (AvgIpc) is 2.28. The Hall–Kier alpha value is -2.11. The third-order valence-electron chi connectivity index (χ3n) is 2.16. The van der Waals surface area contributed by atoms with Crippen molar-refractivity contribution in [3.8, 4) is 0 Å². The number of aromatic amines is 1. The van der Waals surface area contributed by atoms with Crippen molar-refractivity contribution in [1.82, 2.24) is 15.2 Å². The summed E-state index contributed by atoms with van der Waals surface area (Å²) in [4.78, 5) is 37.6. The van der Waals surface area contributed by atoms with Crippen molar-refractivity contribution in [2.45, 2.75) is 6.42 Å². The molecule has 0 saturated carbocycles. The van der Waals surface area contributed by atoms with Gasteiger partial charge in [0.2, 0.25) is 11.5 Å². The standard InChI is InChI=1S/C11H15N3O3/c1-14(2)10(16)4-6-13-11(17)8-3-5-12-9(15)7-8/h3,5,7H,4,6H2,1-2H3,(H,12,15)(H,13,17). The molecule has 0 aliphatic rings. The number of aromatic nitrogens is 1. The number of amides is 2. The first-order chi connectivity index (χ1) is 8.00. The van der Waals surface area contributed by atoms with Gasteiger partial charge in [-0.25, -0.2) is 0 Å². The molecule has 92 valence electrons. The van der Waals surface area contributed by atoms with Crippen molar-refractivity contribution in [3.63, 3.8) is 0 Å². The molecule has 1 rings (SSSR count). The fourth-order valence-corrected chi connectivity index (χ4v) is 1.19. The van der Waals surface area contributed by atoms with Gasteiger partial charge < -0.3 is 15.2 Å². The lowest BCUT2D eigenvalue weighted by molar-refractivity contribution is -0.128. The van der Waals surface area contributed by atoms with Crippen LogP contribution in [0.25, 0.3) is 0 Å². The number of hydrogen-bond donors (Lipinski definition) is 2. The van der Waals surface area contributed by atoms with E-state index in [0.29, 0.717) is 0 Å². The van der Waals surface area contributed by atoms with E-state index in [4.69, 9.17) is 0 Å². The van der Waals surface area contributed by atoms with Gasteiger partial charge in [-0.3, -0.25) is 14.4 Å². The third-order valence-corrected chi connectivity index (χ3v) is 2.16. The Balaban J connectivity index is 2.46. The lowest BCUT2D eigenvalue weighted by atomic mass is 10.2. The highest BCUT2D eigenvalue weighted by Crippen LogP contribution is 1.93. The largest absolute Gasteiger partial charge is 0.352 e. The zero-order valence-electron chi connectivity index (χ0n) is 9.82. The van der Waals surface area contributed by atoms with E-state index >= 15 is 0 Å². The van der Waals surface area contributed by atoms with Crippen LogP contribution in [0.4, 0.5) is 0 Å². The third kappa shape index (κ3) is 4.10. The van der Waals surface area contributed by atoms with Crippen LogP contribution in [-0.2, 0) is 4.79 Å². The van der Waals surface area contributed by atoms with Crippen molar-refractivity contribution in [1.29, 1.82) is 0 Å². The van der Waals surface area contributed by atoms with Gasteiger partial charge in [0, 0.05) is 44.9 Å². The van der Waals surface area contributed by atoms with Crippen LogP contribution in [-0.4, -0.2) is 42.3 Å². The predicted molar refractivity (Wildman–Crippen MR) is 62.7 cm³/mol. The first kappa shape index (κ1) is 13.0. The number of hydrogen-bond acceptors (Lipinski definition) is 3. The minimum absolute atomic E-state index is 0.0591. The maximum absolute atomic E-state index is 11.6. The first-order valence-electron chi connectivity index (χ1n) is 5.18. The summed E-state index contributed by atoms with van der Waals surface area (Å²) in [5, 5.41) is 2.57. The fourth-order valence-electron chi connectivity index (χ4n) is 1.19. The van der Waals surface area contributed by atoms with Crippen LogP contribution in [0.2, 0.25) is 0 Å². The van der Waals surface area contributed by atoms with Crippen molar-refractivity contribution in [2.24, 2.45) is 0 Å². The zero-order chi connectivity index (χ0) is 12.8. The van der Waals surface area contributed by atoms with E-state index in [9.17, 15) is 14.4 Å². The topological polar surface area (TPSA) is 82.3 Å². The molecule has 0 saturated heterocycles. The van der Waals surface area contributed by atoms with Gasteiger partial charge in [0.1, 0.15) is 0 Å². The molecule has 0 atom stereocenters. The number of pyridine rings is 1. The van der Waals surface area contributed by atoms with Gasteiger partial charge in [-0.2, -0.15) is 0 Å². The van der Waals surface area contributed by atoms with Crippen molar-refractivity contribution in [2.75, 3.05) is 20.6 Å². The van der Waals surface area contributed by atoms with E-state index in [1.165, 1.54) is 23.2 Å². The summed E-state index contributed by atoms with van der Waals surface area (Å²) in [5.74, 6) is -0.418. The highest BCUT2D eigenvalue weighted by atomic mass is 16.2. The second-order valence-corrected chi connectivity index (χ2v) is 3.74. The van der Waals surface area contributed by atoms with Gasteiger partial charge in [-0.05, 0) is 6.07 Å². The molecule has 1 heterocycles. The minimum Gasteiger partial charge on any atom is -0.352 e. The molecule has 0 aliphatic heterocycles. The van der Waals surface area contributed by atoms with E-state index in [-0.39, 0.29) is 35.9 Å². The monoisotopic (exact) mass is 237 g/mol. The first-order valence-corrected chi connectivity index (χ1v) is 5.18. The van der Waals surface area contributed by atoms with Crippen LogP contribution < -0.4 is 10.9 Å². The van der Waals surface area contributed by atoms with E-state index in [0.717, 1.165) is 0 Å². The molecule has 6 heteroatoms. The summed E-state index contributed by atoms with van der Waals surface area (Å²) in [5.41, 5.74) is -0.0481. The number of nitrogens with one attached hydrogen (secondary N) is 2. The van der Waals surface area contributed by atoms with Crippen LogP contribution in [0.3, 0.4) is 0 Å². The number of H-pyrrole nitrogens is 1. The van der Waals surface area contributed by atoms with Crippen LogP contribution in [0, 0.1) is 0 Å². The molecule has 1 aromatic rings. The Bertz CT molecular complexity index is 465. The molecule has 0 bridgehead atoms. The maximum Gasteiger partial charge on any atom is 0.251 e. The molecule has 0 fully saturated rings. The highest BCUT2D eigenvalue weighted by molar-refractivity contribution is 5.94. The van der Waals surface area contributed by atoms with E-state index in [1.807, 2.05) is 0 Å². The second kappa shape index (κ2) is 5.83. The Morgan fingerprint density at radius 3 is 2.71 bits per heavy atom. The molecule has 6 nitrogen and oxygen atoms in total. The molecule has 2 amide bonds. The Kier molecular flexibility index (Phi) is 4.45. The van der Waals surface area contributed by atoms with Gasteiger partial charge in [0.25, 0.3) is 5.91 Å². The minimum atomic E-state index is -0.359. The molecule has 0 aromatic carbocycles. The zero-order valence-corrected chi connectivity index (χ0v) is 9.82. The van der Waals surface area contributed by atoms with Gasteiger partial charge in [0.05, 0.1) is 0 Å². The molecule has 0 aliphatic carbocycles. The van der Waals surface area contributed by atoms with Crippen LogP contribution in [0.5, 0.6) is 0 Å². The SMILES string of the molecule is CN(C)C(=O)CCNC(=O)c1cc[nH]c(=O)c1. The molecule has 1 aromatic heterocycles. The second-order valence-electron chi connectivity index (χ2n) is 3.74. The smallest absolute Gasteiger partial charge is 0.251 e. The van der Waals surface area contributed by atoms with Crippen LogP contribution in [0.15, 0.2) is 23.1 Å². The predicted octanol–water partition coefficient (Wildman–Crippen LogP) is -0.417. The number of carbonyl (C=O) groups is 2. The maximum atomic E-state index is 11.6. The van der Waals surface area contributed by atoms with Gasteiger partial charge >= 0.3 is 0 Å². The summed E-state index contributed by atoms with van der Waals surface area (Å²) < 4.78 is 0. The van der Waals surface area contributed by atoms with Gasteiger partial charge in [-0.1, -0.05) is 0 Å². The Morgan fingerprint density at radius 2 is 2.12 bits per heavy atom. The summed E-state index contributed by atoms with van der Waals surface area (Å²) in [6.45, 7) is 0.253. The summed E-state index contributed by atoms with van der Waals surface area (Å²) in [6.07, 6.45) is 1.64. The summed E-state index contributed by atoms with van der Waals surface area (Å²) in [6, 6.07) is 2.72. The molecule has 0 unspecified atom stereocenters. The molecule has 0 radical (unpaired) electrons. The normalized spacial score (nSPS) is 9.76. The van der Waals surface area contributed by atoms with E-state index in [1.54, 1.807) is 14.1 Å². The van der Waals surface area contributed by atoms with E-state index in [2.05, 4.69) is 10.3 Å². The van der Waals surface area contributed by atoms with E-state index < -0.39 is 0 Å². The van der Waals surface area contributed by atoms with Crippen molar-refractivity contribution >= 4 is 11.8 Å². The lowest BCUT2D eigenvalue weighted by Crippen LogP contribution is -2.30. The molecular weight excluding hydrogens is 222 g/mol. The molecular formula is C11H15N3O3. The molecule has 2 N–H and O–H groups in total. The quantitative estimate of drug-likeness (QED) is 0.746. The average molecular weight is 237 g/mol. The Morgan fingerprint density at radius 1 is 1.41 bits per heavy atom. The van der Waals surface area contributed by atoms with Crippen LogP contribution in [0.1, 0.15) is 16.8 Å². The number of carbonyl (C=O) groups excluding carboxylic acids is 2. The number of nitrogens with zero attached hydrogens (tertiary/aromatic N) is 1. The molecule has 17 heavy (non-hydrogen) atoms. The van der Waals surface area contributed by atoms with Gasteiger partial charge in [0.15, 0.2) is 0 Å².